The summed E-state index contributed by atoms with van der Waals surface area (Å²) in [5.41, 5.74) is 3.47. The van der Waals surface area contributed by atoms with E-state index >= 15 is 0 Å². The Kier molecular flexibility index (Phi) is 10.8. The van der Waals surface area contributed by atoms with Crippen molar-refractivity contribution in [3.63, 3.8) is 0 Å². The van der Waals surface area contributed by atoms with E-state index in [0.29, 0.717) is 11.1 Å². The van der Waals surface area contributed by atoms with Crippen molar-refractivity contribution in [3.05, 3.63) is 70.8 Å². The van der Waals surface area contributed by atoms with Crippen molar-refractivity contribution in [2.75, 3.05) is 6.61 Å². The highest BCUT2D eigenvalue weighted by Crippen LogP contribution is 2.12. The van der Waals surface area contributed by atoms with E-state index in [1.165, 1.54) is 36.8 Å². The number of carbonyl (C=O) groups excluding carboxylic acids is 2. The lowest BCUT2D eigenvalue weighted by Crippen LogP contribution is -2.22. The largest absolute Gasteiger partial charge is 0.458 e. The van der Waals surface area contributed by atoms with Gasteiger partial charge in [0.15, 0.2) is 0 Å². The summed E-state index contributed by atoms with van der Waals surface area (Å²) in [7, 11) is 0. The van der Waals surface area contributed by atoms with Crippen molar-refractivity contribution < 1.29 is 19.1 Å². The fourth-order valence-corrected chi connectivity index (χ4v) is 3.33. The molecule has 0 amide bonds. The molecule has 0 saturated carbocycles. The Hall–Kier alpha value is -2.62. The Labute approximate surface area is 187 Å². The molecule has 0 N–H and O–H groups in total. The summed E-state index contributed by atoms with van der Waals surface area (Å²) in [6, 6.07) is 15.1. The monoisotopic (exact) mass is 424 g/mol. The zero-order valence-corrected chi connectivity index (χ0v) is 19.2. The van der Waals surface area contributed by atoms with Crippen LogP contribution >= 0.6 is 0 Å². The maximum absolute atomic E-state index is 12.3. The van der Waals surface area contributed by atoms with Crippen molar-refractivity contribution in [1.29, 1.82) is 0 Å². The standard InChI is InChI=1S/C27H36O4/c1-4-6-8-10-22-12-16-24(17-13-22)26(28)30-20-21(3)31-27(29)25-18-14-23(15-19-25)11-9-7-5-2/h12-19,21H,4-11,20H2,1-3H3. The first kappa shape index (κ1) is 24.6. The minimum atomic E-state index is -0.519. The molecule has 0 aliphatic heterocycles. The Bertz CT molecular complexity index is 793. The highest BCUT2D eigenvalue weighted by molar-refractivity contribution is 5.90. The maximum Gasteiger partial charge on any atom is 0.338 e. The molecule has 0 fully saturated rings. The molecule has 0 aromatic heterocycles. The minimum absolute atomic E-state index is 0.0257. The average molecular weight is 425 g/mol. The van der Waals surface area contributed by atoms with Crippen LogP contribution in [0.3, 0.4) is 0 Å². The van der Waals surface area contributed by atoms with Crippen LogP contribution < -0.4 is 0 Å². The highest BCUT2D eigenvalue weighted by atomic mass is 16.6. The molecule has 168 valence electrons. The minimum Gasteiger partial charge on any atom is -0.458 e. The molecule has 4 heteroatoms. The van der Waals surface area contributed by atoms with Crippen LogP contribution in [0.2, 0.25) is 0 Å². The summed E-state index contributed by atoms with van der Waals surface area (Å²) in [6.45, 7) is 6.12. The third kappa shape index (κ3) is 8.95. The van der Waals surface area contributed by atoms with Crippen LogP contribution in [0, 0.1) is 0 Å². The molecule has 31 heavy (non-hydrogen) atoms. The molecule has 0 saturated heterocycles. The predicted octanol–water partition coefficient (Wildman–Crippen LogP) is 6.55. The molecule has 4 nitrogen and oxygen atoms in total. The SMILES string of the molecule is CCCCCc1ccc(C(=O)OCC(C)OC(=O)c2ccc(CCCCC)cc2)cc1. The van der Waals surface area contributed by atoms with Crippen molar-refractivity contribution >= 4 is 11.9 Å². The van der Waals surface area contributed by atoms with E-state index in [2.05, 4.69) is 13.8 Å². The molecule has 2 rings (SSSR count). The summed E-state index contributed by atoms with van der Waals surface area (Å²) in [5, 5.41) is 0. The van der Waals surface area contributed by atoms with Crippen LogP contribution in [0.5, 0.6) is 0 Å². The summed E-state index contributed by atoms with van der Waals surface area (Å²) in [6.07, 6.45) is 8.65. The van der Waals surface area contributed by atoms with Gasteiger partial charge in [-0.15, -0.1) is 0 Å². The van der Waals surface area contributed by atoms with Gasteiger partial charge in [-0.05, 0) is 68.0 Å². The fourth-order valence-electron chi connectivity index (χ4n) is 3.33. The van der Waals surface area contributed by atoms with Crippen molar-refractivity contribution in [2.24, 2.45) is 0 Å². The van der Waals surface area contributed by atoms with Gasteiger partial charge in [0, 0.05) is 0 Å². The first-order valence-corrected chi connectivity index (χ1v) is 11.6. The first-order valence-electron chi connectivity index (χ1n) is 11.6. The predicted molar refractivity (Wildman–Crippen MR) is 125 cm³/mol. The van der Waals surface area contributed by atoms with E-state index < -0.39 is 18.0 Å². The van der Waals surface area contributed by atoms with Crippen LogP contribution in [0.4, 0.5) is 0 Å². The summed E-state index contributed by atoms with van der Waals surface area (Å²) < 4.78 is 10.7. The van der Waals surface area contributed by atoms with Crippen molar-refractivity contribution in [1.82, 2.24) is 0 Å². The highest BCUT2D eigenvalue weighted by Gasteiger charge is 2.15. The van der Waals surface area contributed by atoms with Crippen molar-refractivity contribution in [3.8, 4) is 0 Å². The number of carbonyl (C=O) groups is 2. The van der Waals surface area contributed by atoms with Gasteiger partial charge in [-0.25, -0.2) is 9.59 Å². The number of unbranched alkanes of at least 4 members (excludes halogenated alkanes) is 4. The molecular formula is C27H36O4. The number of rotatable bonds is 13. The molecule has 0 heterocycles. The molecule has 2 aromatic carbocycles. The smallest absolute Gasteiger partial charge is 0.338 e. The van der Waals surface area contributed by atoms with Gasteiger partial charge in [0.2, 0.25) is 0 Å². The molecule has 0 radical (unpaired) electrons. The number of hydrogen-bond donors (Lipinski definition) is 0. The number of aryl methyl sites for hydroxylation is 2. The Morgan fingerprint density at radius 3 is 1.61 bits per heavy atom. The second-order valence-electron chi connectivity index (χ2n) is 8.12. The van der Waals surface area contributed by atoms with Gasteiger partial charge in [-0.2, -0.15) is 0 Å². The topological polar surface area (TPSA) is 52.6 Å². The number of ether oxygens (including phenoxy) is 2. The van der Waals surface area contributed by atoms with Gasteiger partial charge < -0.3 is 9.47 Å². The maximum atomic E-state index is 12.3. The van der Waals surface area contributed by atoms with Crippen LogP contribution in [0.25, 0.3) is 0 Å². The van der Waals surface area contributed by atoms with Crippen molar-refractivity contribution in [2.45, 2.75) is 78.2 Å². The van der Waals surface area contributed by atoms with Gasteiger partial charge in [-0.3, -0.25) is 0 Å². The number of esters is 2. The summed E-state index contributed by atoms with van der Waals surface area (Å²) >= 11 is 0. The quantitative estimate of drug-likeness (QED) is 0.270. The zero-order valence-electron chi connectivity index (χ0n) is 19.2. The summed E-state index contributed by atoms with van der Waals surface area (Å²) in [4.78, 5) is 24.6. The van der Waals surface area contributed by atoms with E-state index in [1.54, 1.807) is 31.2 Å². The molecule has 2 aromatic rings. The van der Waals surface area contributed by atoms with E-state index in [0.717, 1.165) is 25.7 Å². The van der Waals surface area contributed by atoms with Gasteiger partial charge in [0.25, 0.3) is 0 Å². The molecule has 0 aliphatic rings. The molecule has 0 spiro atoms. The van der Waals surface area contributed by atoms with Gasteiger partial charge >= 0.3 is 11.9 Å². The molecule has 0 aliphatic carbocycles. The fraction of sp³-hybridized carbons (Fsp3) is 0.481. The van der Waals surface area contributed by atoms with Gasteiger partial charge in [-0.1, -0.05) is 63.8 Å². The third-order valence-electron chi connectivity index (χ3n) is 5.27. The molecular weight excluding hydrogens is 388 g/mol. The van der Waals surface area contributed by atoms with Gasteiger partial charge in [0.1, 0.15) is 12.7 Å². The first-order chi connectivity index (χ1) is 15.0. The zero-order chi connectivity index (χ0) is 22.5. The molecule has 1 atom stereocenters. The second-order valence-corrected chi connectivity index (χ2v) is 8.12. The van der Waals surface area contributed by atoms with Crippen LogP contribution in [-0.2, 0) is 22.3 Å². The lowest BCUT2D eigenvalue weighted by atomic mass is 10.1. The summed E-state index contributed by atoms with van der Waals surface area (Å²) in [5.74, 6) is -0.806. The Morgan fingerprint density at radius 1 is 0.710 bits per heavy atom. The van der Waals surface area contributed by atoms with Crippen LogP contribution in [0.15, 0.2) is 48.5 Å². The van der Waals surface area contributed by atoms with E-state index in [9.17, 15) is 9.59 Å². The second kappa shape index (κ2) is 13.6. The van der Waals surface area contributed by atoms with Gasteiger partial charge in [0.05, 0.1) is 11.1 Å². The average Bonchev–Trinajstić information content (AvgIpc) is 2.78. The van der Waals surface area contributed by atoms with E-state index in [-0.39, 0.29) is 6.61 Å². The molecule has 0 bridgehead atoms. The third-order valence-corrected chi connectivity index (χ3v) is 5.27. The Morgan fingerprint density at radius 2 is 1.16 bits per heavy atom. The van der Waals surface area contributed by atoms with Crippen LogP contribution in [-0.4, -0.2) is 24.6 Å². The lowest BCUT2D eigenvalue weighted by Gasteiger charge is -2.14. The van der Waals surface area contributed by atoms with Crippen LogP contribution in [0.1, 0.15) is 91.1 Å². The molecule has 1 unspecified atom stereocenters. The number of benzene rings is 2. The normalized spacial score (nSPS) is 11.7. The number of hydrogen-bond acceptors (Lipinski definition) is 4. The Balaban J connectivity index is 1.75. The van der Waals surface area contributed by atoms with E-state index in [1.807, 2.05) is 24.3 Å². The van der Waals surface area contributed by atoms with E-state index in [4.69, 9.17) is 9.47 Å². The lowest BCUT2D eigenvalue weighted by molar-refractivity contribution is 0.00448.